The summed E-state index contributed by atoms with van der Waals surface area (Å²) in [4.78, 5) is 14.0. The summed E-state index contributed by atoms with van der Waals surface area (Å²) in [6.07, 6.45) is 2.18. The molecule has 0 spiro atoms. The number of amides is 1. The zero-order valence-electron chi connectivity index (χ0n) is 11.9. The molecule has 1 saturated carbocycles. The SMILES string of the molecule is CCNC(CN(C)CCOCC)(C(N)=O)C1CC1. The van der Waals surface area contributed by atoms with Gasteiger partial charge in [-0.25, -0.2) is 0 Å². The lowest BCUT2D eigenvalue weighted by atomic mass is 9.91. The van der Waals surface area contributed by atoms with Gasteiger partial charge in [-0.05, 0) is 39.3 Å². The van der Waals surface area contributed by atoms with Gasteiger partial charge in [-0.1, -0.05) is 6.92 Å². The minimum absolute atomic E-state index is 0.227. The predicted octanol–water partition coefficient (Wildman–Crippen LogP) is 0.198. The Morgan fingerprint density at radius 3 is 2.61 bits per heavy atom. The van der Waals surface area contributed by atoms with Crippen LogP contribution in [0.5, 0.6) is 0 Å². The van der Waals surface area contributed by atoms with E-state index >= 15 is 0 Å². The fraction of sp³-hybridized carbons (Fsp3) is 0.923. The van der Waals surface area contributed by atoms with Crippen molar-refractivity contribution in [3.8, 4) is 0 Å². The van der Waals surface area contributed by atoms with Crippen molar-refractivity contribution in [3.05, 3.63) is 0 Å². The average molecular weight is 257 g/mol. The van der Waals surface area contributed by atoms with E-state index in [9.17, 15) is 4.79 Å². The van der Waals surface area contributed by atoms with Gasteiger partial charge < -0.3 is 20.7 Å². The minimum atomic E-state index is -0.560. The first-order chi connectivity index (χ1) is 8.56. The Balaban J connectivity index is 2.57. The van der Waals surface area contributed by atoms with Gasteiger partial charge in [0.05, 0.1) is 6.61 Å². The number of primary amides is 1. The van der Waals surface area contributed by atoms with E-state index in [0.717, 1.165) is 32.5 Å². The smallest absolute Gasteiger partial charge is 0.239 e. The lowest BCUT2D eigenvalue weighted by Gasteiger charge is -2.35. The molecule has 1 unspecified atom stereocenters. The third-order valence-corrected chi connectivity index (χ3v) is 3.55. The highest BCUT2D eigenvalue weighted by Crippen LogP contribution is 2.40. The Morgan fingerprint density at radius 1 is 1.50 bits per heavy atom. The molecular formula is C13H27N3O2. The van der Waals surface area contributed by atoms with Gasteiger partial charge in [0.1, 0.15) is 5.54 Å². The second kappa shape index (κ2) is 7.07. The van der Waals surface area contributed by atoms with Gasteiger partial charge in [-0.3, -0.25) is 4.79 Å². The zero-order valence-corrected chi connectivity index (χ0v) is 11.9. The molecule has 5 heteroatoms. The van der Waals surface area contributed by atoms with Crippen LogP contribution < -0.4 is 11.1 Å². The van der Waals surface area contributed by atoms with E-state index in [-0.39, 0.29) is 5.91 Å². The van der Waals surface area contributed by atoms with Crippen molar-refractivity contribution in [2.45, 2.75) is 32.2 Å². The second-order valence-corrected chi connectivity index (χ2v) is 5.07. The van der Waals surface area contributed by atoms with Crippen molar-refractivity contribution in [2.75, 3.05) is 39.9 Å². The molecule has 5 nitrogen and oxygen atoms in total. The lowest BCUT2D eigenvalue weighted by molar-refractivity contribution is -0.126. The van der Waals surface area contributed by atoms with E-state index in [1.54, 1.807) is 0 Å². The summed E-state index contributed by atoms with van der Waals surface area (Å²) in [6.45, 7) is 7.66. The number of hydrogen-bond acceptors (Lipinski definition) is 4. The van der Waals surface area contributed by atoms with Gasteiger partial charge in [0.2, 0.25) is 5.91 Å². The fourth-order valence-corrected chi connectivity index (χ4v) is 2.46. The Labute approximate surface area is 110 Å². The number of rotatable bonds is 10. The third kappa shape index (κ3) is 3.93. The van der Waals surface area contributed by atoms with Crippen LogP contribution in [-0.4, -0.2) is 56.2 Å². The van der Waals surface area contributed by atoms with Crippen molar-refractivity contribution < 1.29 is 9.53 Å². The zero-order chi connectivity index (χ0) is 13.6. The second-order valence-electron chi connectivity index (χ2n) is 5.07. The van der Waals surface area contributed by atoms with E-state index in [2.05, 4.69) is 10.2 Å². The molecule has 106 valence electrons. The quantitative estimate of drug-likeness (QED) is 0.549. The van der Waals surface area contributed by atoms with Crippen LogP contribution in [0, 0.1) is 5.92 Å². The van der Waals surface area contributed by atoms with Gasteiger partial charge in [0.15, 0.2) is 0 Å². The number of nitrogens with zero attached hydrogens (tertiary/aromatic N) is 1. The van der Waals surface area contributed by atoms with E-state index in [1.807, 2.05) is 20.9 Å². The normalized spacial score (nSPS) is 18.9. The standard InChI is InChI=1S/C13H27N3O2/c1-4-15-13(12(14)17,11-6-7-11)10-16(3)8-9-18-5-2/h11,15H,4-10H2,1-3H3,(H2,14,17). The molecule has 1 rings (SSSR count). The first-order valence-corrected chi connectivity index (χ1v) is 6.88. The molecule has 0 aromatic carbocycles. The van der Waals surface area contributed by atoms with Gasteiger partial charge in [0, 0.05) is 19.7 Å². The summed E-state index contributed by atoms with van der Waals surface area (Å²) >= 11 is 0. The van der Waals surface area contributed by atoms with Crippen LogP contribution in [-0.2, 0) is 9.53 Å². The number of likely N-dealkylation sites (N-methyl/N-ethyl adjacent to an activating group) is 2. The highest BCUT2D eigenvalue weighted by Gasteiger charge is 2.49. The van der Waals surface area contributed by atoms with Crippen LogP contribution in [0.1, 0.15) is 26.7 Å². The summed E-state index contributed by atoms with van der Waals surface area (Å²) < 4.78 is 5.34. The Morgan fingerprint density at radius 2 is 2.17 bits per heavy atom. The molecule has 1 amide bonds. The molecule has 0 radical (unpaired) electrons. The van der Waals surface area contributed by atoms with E-state index in [1.165, 1.54) is 0 Å². The maximum absolute atomic E-state index is 11.9. The highest BCUT2D eigenvalue weighted by atomic mass is 16.5. The molecule has 0 bridgehead atoms. The van der Waals surface area contributed by atoms with E-state index in [0.29, 0.717) is 19.1 Å². The summed E-state index contributed by atoms with van der Waals surface area (Å²) in [7, 11) is 2.01. The lowest BCUT2D eigenvalue weighted by Crippen LogP contribution is -2.63. The first-order valence-electron chi connectivity index (χ1n) is 6.88. The molecule has 0 aromatic heterocycles. The molecular weight excluding hydrogens is 230 g/mol. The van der Waals surface area contributed by atoms with Crippen molar-refractivity contribution in [3.63, 3.8) is 0 Å². The molecule has 1 aliphatic rings. The van der Waals surface area contributed by atoms with Crippen LogP contribution in [0.15, 0.2) is 0 Å². The monoisotopic (exact) mass is 257 g/mol. The van der Waals surface area contributed by atoms with Gasteiger partial charge in [-0.2, -0.15) is 0 Å². The van der Waals surface area contributed by atoms with E-state index in [4.69, 9.17) is 10.5 Å². The number of carbonyl (C=O) groups excluding carboxylic acids is 1. The van der Waals surface area contributed by atoms with Gasteiger partial charge in [0.25, 0.3) is 0 Å². The Hall–Kier alpha value is -0.650. The molecule has 0 heterocycles. The largest absolute Gasteiger partial charge is 0.380 e. The van der Waals surface area contributed by atoms with Crippen LogP contribution in [0.3, 0.4) is 0 Å². The minimum Gasteiger partial charge on any atom is -0.380 e. The van der Waals surface area contributed by atoms with Crippen LogP contribution >= 0.6 is 0 Å². The maximum atomic E-state index is 11.9. The molecule has 3 N–H and O–H groups in total. The topological polar surface area (TPSA) is 67.6 Å². The van der Waals surface area contributed by atoms with Crippen molar-refractivity contribution in [1.29, 1.82) is 0 Å². The maximum Gasteiger partial charge on any atom is 0.239 e. The number of carbonyl (C=O) groups is 1. The van der Waals surface area contributed by atoms with Crippen molar-refractivity contribution in [2.24, 2.45) is 11.7 Å². The third-order valence-electron chi connectivity index (χ3n) is 3.55. The molecule has 0 saturated heterocycles. The first kappa shape index (κ1) is 15.4. The van der Waals surface area contributed by atoms with Crippen molar-refractivity contribution >= 4 is 5.91 Å². The molecule has 1 aliphatic carbocycles. The number of hydrogen-bond donors (Lipinski definition) is 2. The molecule has 18 heavy (non-hydrogen) atoms. The fourth-order valence-electron chi connectivity index (χ4n) is 2.46. The number of ether oxygens (including phenoxy) is 1. The Kier molecular flexibility index (Phi) is 6.05. The number of nitrogens with one attached hydrogen (secondary N) is 1. The Bertz CT molecular complexity index is 269. The van der Waals surface area contributed by atoms with Crippen LogP contribution in [0.4, 0.5) is 0 Å². The van der Waals surface area contributed by atoms with Gasteiger partial charge >= 0.3 is 0 Å². The predicted molar refractivity (Wildman–Crippen MR) is 72.3 cm³/mol. The molecule has 0 aromatic rings. The summed E-state index contributed by atoms with van der Waals surface area (Å²) in [5.74, 6) is 0.166. The van der Waals surface area contributed by atoms with Gasteiger partial charge in [-0.15, -0.1) is 0 Å². The molecule has 1 fully saturated rings. The summed E-state index contributed by atoms with van der Waals surface area (Å²) in [5, 5.41) is 3.32. The van der Waals surface area contributed by atoms with Crippen molar-refractivity contribution in [1.82, 2.24) is 10.2 Å². The molecule has 0 aliphatic heterocycles. The average Bonchev–Trinajstić information content (AvgIpc) is 3.12. The van der Waals surface area contributed by atoms with E-state index < -0.39 is 5.54 Å². The van der Waals surface area contributed by atoms with Crippen LogP contribution in [0.25, 0.3) is 0 Å². The highest BCUT2D eigenvalue weighted by molar-refractivity contribution is 5.86. The molecule has 1 atom stereocenters. The number of nitrogens with two attached hydrogens (primary N) is 1. The summed E-state index contributed by atoms with van der Waals surface area (Å²) in [6, 6.07) is 0. The van der Waals surface area contributed by atoms with Crippen LogP contribution in [0.2, 0.25) is 0 Å². The summed E-state index contributed by atoms with van der Waals surface area (Å²) in [5.41, 5.74) is 5.08.